The lowest BCUT2D eigenvalue weighted by atomic mass is 10.1. The third kappa shape index (κ3) is 3.69. The normalized spacial score (nSPS) is 12.1. The Morgan fingerprint density at radius 2 is 1.45 bits per heavy atom. The molecule has 0 aliphatic rings. The molecule has 0 aliphatic carbocycles. The molecule has 31 heavy (non-hydrogen) atoms. The molecule has 2 heterocycles. The predicted octanol–water partition coefficient (Wildman–Crippen LogP) is 4.34. The molecule has 2 aromatic heterocycles. The fraction of sp³-hybridized carbons (Fsp3) is 0. The van der Waals surface area contributed by atoms with E-state index in [1.165, 1.54) is 15.6 Å². The van der Waals surface area contributed by atoms with Gasteiger partial charge < -0.3 is 5.11 Å². The van der Waals surface area contributed by atoms with E-state index in [0.29, 0.717) is 11.2 Å². The van der Waals surface area contributed by atoms with Gasteiger partial charge in [-0.2, -0.15) is 9.61 Å². The third-order valence-electron chi connectivity index (χ3n) is 4.93. The second kappa shape index (κ2) is 8.08. The number of hydrogen-bond acceptors (Lipinski definition) is 5. The number of aliphatic hydroxyl groups is 1. The molecule has 0 aliphatic heterocycles. The van der Waals surface area contributed by atoms with Crippen molar-refractivity contribution in [1.82, 2.24) is 14.6 Å². The van der Waals surface area contributed by atoms with E-state index in [1.54, 1.807) is 42.2 Å². The summed E-state index contributed by atoms with van der Waals surface area (Å²) in [5, 5.41) is 14.9. The molecule has 0 saturated heterocycles. The smallest absolute Gasteiger partial charge is 0.285 e. The van der Waals surface area contributed by atoms with Crippen LogP contribution in [0.4, 0.5) is 0 Å². The Morgan fingerprint density at radius 1 is 0.806 bits per heavy atom. The summed E-state index contributed by atoms with van der Waals surface area (Å²) in [4.78, 5) is 19.6. The number of hydrogen-bond donors (Lipinski definition) is 1. The molecule has 1 N–H and O–H groups in total. The van der Waals surface area contributed by atoms with Crippen LogP contribution in [-0.4, -0.2) is 19.7 Å². The fourth-order valence-corrected chi connectivity index (χ4v) is 4.19. The Kier molecular flexibility index (Phi) is 4.98. The minimum atomic E-state index is -0.408. The number of fused-ring (bicyclic) bond motifs is 1. The van der Waals surface area contributed by atoms with Crippen molar-refractivity contribution in [2.45, 2.75) is 9.79 Å². The predicted molar refractivity (Wildman–Crippen MR) is 122 cm³/mol. The van der Waals surface area contributed by atoms with Crippen molar-refractivity contribution in [3.05, 3.63) is 118 Å². The van der Waals surface area contributed by atoms with Gasteiger partial charge in [0.05, 0.1) is 6.20 Å². The van der Waals surface area contributed by atoms with Crippen LogP contribution in [0.2, 0.25) is 0 Å². The molecular formula is C25H17N3O2S. The van der Waals surface area contributed by atoms with E-state index >= 15 is 0 Å². The van der Waals surface area contributed by atoms with Crippen molar-refractivity contribution in [1.29, 1.82) is 0 Å². The van der Waals surface area contributed by atoms with Crippen LogP contribution in [0.5, 0.6) is 0 Å². The molecule has 0 fully saturated rings. The average Bonchev–Trinajstić information content (AvgIpc) is 3.26. The van der Waals surface area contributed by atoms with Crippen molar-refractivity contribution in [3.8, 4) is 11.1 Å². The van der Waals surface area contributed by atoms with E-state index < -0.39 is 5.56 Å². The van der Waals surface area contributed by atoms with Gasteiger partial charge in [-0.1, -0.05) is 72.4 Å². The highest BCUT2D eigenvalue weighted by atomic mass is 32.2. The van der Waals surface area contributed by atoms with E-state index in [4.69, 9.17) is 0 Å². The van der Waals surface area contributed by atoms with Gasteiger partial charge in [-0.05, 0) is 29.8 Å². The number of aliphatic hydroxyl groups excluding tert-OH is 1. The molecule has 150 valence electrons. The Bertz CT molecular complexity index is 1470. The number of rotatable bonds is 4. The first kappa shape index (κ1) is 19.1. The summed E-state index contributed by atoms with van der Waals surface area (Å²) in [6, 6.07) is 27.2. The second-order valence-electron chi connectivity index (χ2n) is 6.92. The second-order valence-corrected chi connectivity index (χ2v) is 8.07. The van der Waals surface area contributed by atoms with Gasteiger partial charge in [0, 0.05) is 27.1 Å². The van der Waals surface area contributed by atoms with Crippen molar-refractivity contribution in [2.24, 2.45) is 0 Å². The summed E-state index contributed by atoms with van der Waals surface area (Å²) >= 11 is 1.69. The van der Waals surface area contributed by atoms with Gasteiger partial charge in [0.2, 0.25) is 0 Å². The largest absolute Gasteiger partial charge is 0.506 e. The minimum Gasteiger partial charge on any atom is -0.506 e. The van der Waals surface area contributed by atoms with Gasteiger partial charge in [0.15, 0.2) is 5.65 Å². The van der Waals surface area contributed by atoms with Crippen LogP contribution in [0.15, 0.2) is 112 Å². The van der Waals surface area contributed by atoms with E-state index in [1.807, 2.05) is 48.5 Å². The summed E-state index contributed by atoms with van der Waals surface area (Å²) in [6.45, 7) is 0. The van der Waals surface area contributed by atoms with E-state index in [9.17, 15) is 9.90 Å². The number of nitrogens with zero attached hydrogens (tertiary/aromatic N) is 3. The van der Waals surface area contributed by atoms with Crippen LogP contribution < -0.4 is 10.8 Å². The van der Waals surface area contributed by atoms with Crippen LogP contribution in [0.1, 0.15) is 5.56 Å². The Balaban J connectivity index is 1.52. The Morgan fingerprint density at radius 3 is 2.16 bits per heavy atom. The fourth-order valence-electron chi connectivity index (χ4n) is 3.35. The lowest BCUT2D eigenvalue weighted by Crippen LogP contribution is -2.34. The number of aromatic nitrogens is 3. The third-order valence-corrected chi connectivity index (χ3v) is 5.94. The van der Waals surface area contributed by atoms with Gasteiger partial charge in [-0.3, -0.25) is 4.79 Å². The highest BCUT2D eigenvalue weighted by molar-refractivity contribution is 7.99. The first-order valence-corrected chi connectivity index (χ1v) is 10.5. The molecule has 0 radical (unpaired) electrons. The summed E-state index contributed by atoms with van der Waals surface area (Å²) in [5.41, 5.74) is 2.29. The van der Waals surface area contributed by atoms with Gasteiger partial charge >= 0.3 is 0 Å². The van der Waals surface area contributed by atoms with Crippen LogP contribution in [0.25, 0.3) is 22.5 Å². The molecule has 0 amide bonds. The highest BCUT2D eigenvalue weighted by Crippen LogP contribution is 2.30. The maximum Gasteiger partial charge on any atom is 0.285 e. The average molecular weight is 423 g/mol. The summed E-state index contributed by atoms with van der Waals surface area (Å²) < 4.78 is 1.23. The molecule has 0 saturated carbocycles. The lowest BCUT2D eigenvalue weighted by molar-refractivity contribution is 0.506. The Hall–Kier alpha value is -3.90. The molecule has 6 heteroatoms. The molecule has 0 spiro atoms. The topological polar surface area (TPSA) is 67.5 Å². The van der Waals surface area contributed by atoms with E-state index in [0.717, 1.165) is 16.0 Å². The zero-order valence-corrected chi connectivity index (χ0v) is 17.2. The summed E-state index contributed by atoms with van der Waals surface area (Å²) in [6.07, 6.45) is 3.04. The summed E-state index contributed by atoms with van der Waals surface area (Å²) in [7, 11) is 0. The maximum atomic E-state index is 12.9. The van der Waals surface area contributed by atoms with Gasteiger partial charge in [-0.25, -0.2) is 4.98 Å². The zero-order chi connectivity index (χ0) is 21.2. The lowest BCUT2D eigenvalue weighted by Gasteiger charge is -2.04. The minimum absolute atomic E-state index is 0.112. The van der Waals surface area contributed by atoms with Crippen LogP contribution in [0.3, 0.4) is 0 Å². The Labute approximate surface area is 182 Å². The van der Waals surface area contributed by atoms with Crippen LogP contribution in [0, 0.1) is 0 Å². The van der Waals surface area contributed by atoms with E-state index in [-0.39, 0.29) is 11.0 Å². The van der Waals surface area contributed by atoms with Crippen molar-refractivity contribution in [3.63, 3.8) is 0 Å². The molecule has 3 aromatic carbocycles. The molecule has 0 bridgehead atoms. The standard InChI is InChI=1S/C25H17N3O2S/c29-23(18-7-3-1-4-8-18)22-15-26-24-21(16-27-28(24)25(22)30)17-11-13-20(14-12-17)31-19-9-5-2-6-10-19/h1-16,29H/b23-22+. The molecular weight excluding hydrogens is 406 g/mol. The van der Waals surface area contributed by atoms with Crippen molar-refractivity contribution >= 4 is 23.2 Å². The van der Waals surface area contributed by atoms with Crippen molar-refractivity contribution < 1.29 is 5.11 Å². The monoisotopic (exact) mass is 423 g/mol. The zero-order valence-electron chi connectivity index (χ0n) is 16.3. The van der Waals surface area contributed by atoms with Gasteiger partial charge in [-0.15, -0.1) is 0 Å². The number of benzene rings is 3. The quantitative estimate of drug-likeness (QED) is 0.466. The summed E-state index contributed by atoms with van der Waals surface area (Å²) in [5.74, 6) is -0.112. The highest BCUT2D eigenvalue weighted by Gasteiger charge is 2.13. The van der Waals surface area contributed by atoms with Crippen molar-refractivity contribution in [2.75, 3.05) is 0 Å². The van der Waals surface area contributed by atoms with Crippen LogP contribution >= 0.6 is 11.8 Å². The maximum absolute atomic E-state index is 12.9. The molecule has 5 rings (SSSR count). The molecule has 0 unspecified atom stereocenters. The molecule has 0 atom stereocenters. The first-order chi connectivity index (χ1) is 15.2. The molecule has 5 nitrogen and oxygen atoms in total. The van der Waals surface area contributed by atoms with Crippen LogP contribution in [-0.2, 0) is 0 Å². The van der Waals surface area contributed by atoms with Gasteiger partial charge in [0.25, 0.3) is 5.56 Å². The first-order valence-electron chi connectivity index (χ1n) is 9.69. The van der Waals surface area contributed by atoms with Gasteiger partial charge in [0.1, 0.15) is 11.0 Å². The van der Waals surface area contributed by atoms with E-state index in [2.05, 4.69) is 22.2 Å². The SMILES string of the molecule is O=c1/c(=C(/O)c2ccccc2)cnc2c(-c3ccc(Sc4ccccc4)cc3)cnn12. The molecule has 5 aromatic rings.